The van der Waals surface area contributed by atoms with Crippen molar-refractivity contribution in [2.75, 3.05) is 20.2 Å². The highest BCUT2D eigenvalue weighted by molar-refractivity contribution is 6.31. The second-order valence-corrected chi connectivity index (χ2v) is 5.91. The number of halogens is 1. The van der Waals surface area contributed by atoms with Crippen LogP contribution in [0.3, 0.4) is 0 Å². The summed E-state index contributed by atoms with van der Waals surface area (Å²) in [6.07, 6.45) is 1.13. The van der Waals surface area contributed by atoms with Gasteiger partial charge >= 0.3 is 0 Å². The molecule has 3 heteroatoms. The highest BCUT2D eigenvalue weighted by Crippen LogP contribution is 2.40. The Morgan fingerprint density at radius 3 is 2.52 bits per heavy atom. The minimum atomic E-state index is 0.417. The minimum absolute atomic E-state index is 0.417. The van der Waals surface area contributed by atoms with E-state index in [9.17, 15) is 0 Å². The molecule has 2 nitrogen and oxygen atoms in total. The summed E-state index contributed by atoms with van der Waals surface area (Å²) in [5, 5.41) is 4.36. The van der Waals surface area contributed by atoms with Crippen molar-refractivity contribution in [3.63, 3.8) is 0 Å². The lowest BCUT2D eigenvalue weighted by atomic mass is 9.77. The van der Waals surface area contributed by atoms with E-state index >= 15 is 0 Å². The van der Waals surface area contributed by atoms with E-state index in [0.717, 1.165) is 30.3 Å². The van der Waals surface area contributed by atoms with E-state index < -0.39 is 0 Å². The highest BCUT2D eigenvalue weighted by atomic mass is 35.5. The first-order valence-electron chi connectivity index (χ1n) is 7.38. The first kappa shape index (κ1) is 14.4. The third-order valence-electron chi connectivity index (χ3n) is 4.33. The quantitative estimate of drug-likeness (QED) is 0.917. The van der Waals surface area contributed by atoms with Gasteiger partial charge in [0.2, 0.25) is 0 Å². The van der Waals surface area contributed by atoms with E-state index in [1.807, 2.05) is 24.3 Å². The molecule has 0 amide bonds. The van der Waals surface area contributed by atoms with Crippen molar-refractivity contribution in [2.45, 2.75) is 18.3 Å². The molecule has 0 spiro atoms. The van der Waals surface area contributed by atoms with Gasteiger partial charge in [0.1, 0.15) is 5.75 Å². The molecule has 0 radical (unpaired) electrons. The highest BCUT2D eigenvalue weighted by Gasteiger charge is 2.28. The largest absolute Gasteiger partial charge is 0.497 e. The average molecular weight is 302 g/mol. The Labute approximate surface area is 131 Å². The fourth-order valence-electron chi connectivity index (χ4n) is 3.21. The van der Waals surface area contributed by atoms with E-state index in [1.165, 1.54) is 11.1 Å². The van der Waals surface area contributed by atoms with Crippen LogP contribution in [0.1, 0.15) is 29.4 Å². The Bertz CT molecular complexity index is 596. The molecule has 2 aromatic rings. The van der Waals surface area contributed by atoms with Gasteiger partial charge in [-0.3, -0.25) is 0 Å². The second kappa shape index (κ2) is 6.50. The topological polar surface area (TPSA) is 21.3 Å². The molecule has 2 aromatic carbocycles. The molecule has 1 heterocycles. The van der Waals surface area contributed by atoms with Gasteiger partial charge in [0.05, 0.1) is 7.11 Å². The zero-order valence-electron chi connectivity index (χ0n) is 12.2. The summed E-state index contributed by atoms with van der Waals surface area (Å²) in [6.45, 7) is 2.03. The van der Waals surface area contributed by atoms with Crippen LogP contribution >= 0.6 is 11.6 Å². The van der Waals surface area contributed by atoms with Crippen LogP contribution in [-0.4, -0.2) is 20.2 Å². The standard InChI is InChI=1S/C18H20ClNO/c1-21-14-8-6-13(7-9-14)15-10-11-20-12-17(15)16-4-2-3-5-18(16)19/h2-9,15,17,20H,10-12H2,1H3. The smallest absolute Gasteiger partial charge is 0.118 e. The molecule has 0 aliphatic carbocycles. The molecule has 110 valence electrons. The first-order chi connectivity index (χ1) is 10.3. The van der Waals surface area contributed by atoms with Crippen LogP contribution in [-0.2, 0) is 0 Å². The molecule has 1 saturated heterocycles. The Morgan fingerprint density at radius 1 is 1.05 bits per heavy atom. The summed E-state index contributed by atoms with van der Waals surface area (Å²) < 4.78 is 5.25. The van der Waals surface area contributed by atoms with Crippen LogP contribution < -0.4 is 10.1 Å². The maximum atomic E-state index is 6.41. The Hall–Kier alpha value is -1.51. The van der Waals surface area contributed by atoms with E-state index in [1.54, 1.807) is 7.11 Å². The van der Waals surface area contributed by atoms with E-state index in [0.29, 0.717) is 11.8 Å². The van der Waals surface area contributed by atoms with Gasteiger partial charge in [-0.1, -0.05) is 41.9 Å². The predicted molar refractivity (Wildman–Crippen MR) is 87.4 cm³/mol. The van der Waals surface area contributed by atoms with Crippen LogP contribution in [0, 0.1) is 0 Å². The summed E-state index contributed by atoms with van der Waals surface area (Å²) in [6, 6.07) is 16.6. The number of rotatable bonds is 3. The summed E-state index contributed by atoms with van der Waals surface area (Å²) in [7, 11) is 1.70. The molecule has 1 N–H and O–H groups in total. The van der Waals surface area contributed by atoms with Crippen LogP contribution in [0.25, 0.3) is 0 Å². The van der Waals surface area contributed by atoms with Crippen molar-refractivity contribution < 1.29 is 4.74 Å². The second-order valence-electron chi connectivity index (χ2n) is 5.50. The molecule has 2 atom stereocenters. The molecule has 21 heavy (non-hydrogen) atoms. The molecule has 0 saturated carbocycles. The zero-order chi connectivity index (χ0) is 14.7. The average Bonchev–Trinajstić information content (AvgIpc) is 2.55. The first-order valence-corrected chi connectivity index (χ1v) is 7.76. The molecular weight excluding hydrogens is 282 g/mol. The Kier molecular flexibility index (Phi) is 4.47. The maximum absolute atomic E-state index is 6.41. The number of hydrogen-bond donors (Lipinski definition) is 1. The molecule has 2 unspecified atom stereocenters. The lowest BCUT2D eigenvalue weighted by Gasteiger charge is -2.33. The third-order valence-corrected chi connectivity index (χ3v) is 4.67. The molecule has 0 aromatic heterocycles. The van der Waals surface area contributed by atoms with Gasteiger partial charge in [0.15, 0.2) is 0 Å². The number of methoxy groups -OCH3 is 1. The number of hydrogen-bond acceptors (Lipinski definition) is 2. The van der Waals surface area contributed by atoms with Crippen molar-refractivity contribution >= 4 is 11.6 Å². The SMILES string of the molecule is COc1ccc(C2CCNCC2c2ccccc2Cl)cc1. The predicted octanol–water partition coefficient (Wildman–Crippen LogP) is 4.21. The van der Waals surface area contributed by atoms with Gasteiger partial charge in [-0.05, 0) is 48.2 Å². The molecule has 1 aliphatic rings. The Balaban J connectivity index is 1.92. The van der Waals surface area contributed by atoms with Crippen molar-refractivity contribution in [3.05, 3.63) is 64.7 Å². The fraction of sp³-hybridized carbons (Fsp3) is 0.333. The summed E-state index contributed by atoms with van der Waals surface area (Å²) in [4.78, 5) is 0. The maximum Gasteiger partial charge on any atom is 0.118 e. The molecule has 1 fully saturated rings. The summed E-state index contributed by atoms with van der Waals surface area (Å²) >= 11 is 6.41. The van der Waals surface area contributed by atoms with Gasteiger partial charge in [-0.15, -0.1) is 0 Å². The molecule has 1 aliphatic heterocycles. The van der Waals surface area contributed by atoms with Gasteiger partial charge in [-0.25, -0.2) is 0 Å². The number of ether oxygens (including phenoxy) is 1. The summed E-state index contributed by atoms with van der Waals surface area (Å²) in [5.74, 6) is 1.82. The van der Waals surface area contributed by atoms with Gasteiger partial charge in [-0.2, -0.15) is 0 Å². The van der Waals surface area contributed by atoms with Crippen LogP contribution in [0.4, 0.5) is 0 Å². The van der Waals surface area contributed by atoms with Crippen LogP contribution in [0.15, 0.2) is 48.5 Å². The van der Waals surface area contributed by atoms with Gasteiger partial charge in [0, 0.05) is 17.5 Å². The van der Waals surface area contributed by atoms with E-state index in [-0.39, 0.29) is 0 Å². The third kappa shape index (κ3) is 3.07. The van der Waals surface area contributed by atoms with E-state index in [4.69, 9.17) is 16.3 Å². The van der Waals surface area contributed by atoms with Gasteiger partial charge in [0.25, 0.3) is 0 Å². The lowest BCUT2D eigenvalue weighted by Crippen LogP contribution is -2.34. The summed E-state index contributed by atoms with van der Waals surface area (Å²) in [5.41, 5.74) is 2.61. The number of nitrogens with one attached hydrogen (secondary N) is 1. The van der Waals surface area contributed by atoms with Crippen molar-refractivity contribution in [1.82, 2.24) is 5.32 Å². The molecule has 3 rings (SSSR count). The zero-order valence-corrected chi connectivity index (χ0v) is 12.9. The monoisotopic (exact) mass is 301 g/mol. The van der Waals surface area contributed by atoms with Crippen molar-refractivity contribution in [3.8, 4) is 5.75 Å². The normalized spacial score (nSPS) is 22.0. The molecule has 0 bridgehead atoms. The van der Waals surface area contributed by atoms with E-state index in [2.05, 4.69) is 29.6 Å². The van der Waals surface area contributed by atoms with Gasteiger partial charge < -0.3 is 10.1 Å². The lowest BCUT2D eigenvalue weighted by molar-refractivity contribution is 0.401. The van der Waals surface area contributed by atoms with Crippen LogP contribution in [0.2, 0.25) is 5.02 Å². The van der Waals surface area contributed by atoms with Crippen LogP contribution in [0.5, 0.6) is 5.75 Å². The number of benzene rings is 2. The number of piperidine rings is 1. The van der Waals surface area contributed by atoms with Crippen molar-refractivity contribution in [1.29, 1.82) is 0 Å². The molecular formula is C18H20ClNO. The fourth-order valence-corrected chi connectivity index (χ4v) is 3.49. The minimum Gasteiger partial charge on any atom is -0.497 e. The Morgan fingerprint density at radius 2 is 1.81 bits per heavy atom. The van der Waals surface area contributed by atoms with Crippen molar-refractivity contribution in [2.24, 2.45) is 0 Å².